The number of hydrogen-bond acceptors (Lipinski definition) is 4. The van der Waals surface area contributed by atoms with Crippen LogP contribution in [0.1, 0.15) is 40.8 Å². The van der Waals surface area contributed by atoms with Crippen molar-refractivity contribution >= 4 is 0 Å². The largest absolute Gasteiger partial charge is 0.496 e. The molecule has 4 rings (SSSR count). The highest BCUT2D eigenvalue weighted by Crippen LogP contribution is 2.25. The van der Waals surface area contributed by atoms with Crippen molar-refractivity contribution in [1.29, 1.82) is 0 Å². The SMILES string of the molecule is COc1ccc(C(C)NCc2cccc3c2CCNC3)cc1Cn1cccn1. The third-order valence-electron chi connectivity index (χ3n) is 5.53. The van der Waals surface area contributed by atoms with Gasteiger partial charge >= 0.3 is 0 Å². The molecule has 5 nitrogen and oxygen atoms in total. The second-order valence-corrected chi connectivity index (χ2v) is 7.36. The second kappa shape index (κ2) is 8.59. The van der Waals surface area contributed by atoms with Crippen LogP contribution in [0.25, 0.3) is 0 Å². The summed E-state index contributed by atoms with van der Waals surface area (Å²) in [6, 6.07) is 15.3. The van der Waals surface area contributed by atoms with Gasteiger partial charge in [0, 0.05) is 37.1 Å². The zero-order chi connectivity index (χ0) is 19.3. The molecular weight excluding hydrogens is 348 g/mol. The molecule has 28 heavy (non-hydrogen) atoms. The first-order valence-corrected chi connectivity index (χ1v) is 9.92. The minimum atomic E-state index is 0.250. The number of aromatic nitrogens is 2. The molecule has 1 unspecified atom stereocenters. The smallest absolute Gasteiger partial charge is 0.123 e. The van der Waals surface area contributed by atoms with Crippen LogP contribution in [0.2, 0.25) is 0 Å². The highest BCUT2D eigenvalue weighted by molar-refractivity contribution is 5.39. The lowest BCUT2D eigenvalue weighted by atomic mass is 9.95. The van der Waals surface area contributed by atoms with Crippen molar-refractivity contribution in [2.24, 2.45) is 0 Å². The van der Waals surface area contributed by atoms with Gasteiger partial charge in [0.15, 0.2) is 0 Å². The number of fused-ring (bicyclic) bond motifs is 1. The molecule has 2 aromatic carbocycles. The van der Waals surface area contributed by atoms with Crippen LogP contribution in [0, 0.1) is 0 Å². The van der Waals surface area contributed by atoms with E-state index >= 15 is 0 Å². The number of methoxy groups -OCH3 is 1. The van der Waals surface area contributed by atoms with E-state index in [1.54, 1.807) is 13.3 Å². The Bertz CT molecular complexity index is 920. The van der Waals surface area contributed by atoms with Gasteiger partial charge < -0.3 is 15.4 Å². The number of nitrogens with zero attached hydrogens (tertiary/aromatic N) is 2. The summed E-state index contributed by atoms with van der Waals surface area (Å²) in [4.78, 5) is 0. The van der Waals surface area contributed by atoms with Gasteiger partial charge in [-0.25, -0.2) is 0 Å². The lowest BCUT2D eigenvalue weighted by Gasteiger charge is -2.22. The molecule has 0 amide bonds. The molecule has 0 bridgehead atoms. The molecule has 5 heteroatoms. The fourth-order valence-corrected chi connectivity index (χ4v) is 3.92. The van der Waals surface area contributed by atoms with E-state index < -0.39 is 0 Å². The number of ether oxygens (including phenoxy) is 1. The molecular formula is C23H28N4O. The van der Waals surface area contributed by atoms with Crippen LogP contribution in [-0.4, -0.2) is 23.4 Å². The number of nitrogens with one attached hydrogen (secondary N) is 2. The minimum Gasteiger partial charge on any atom is -0.496 e. The number of benzene rings is 2. The predicted molar refractivity (Wildman–Crippen MR) is 111 cm³/mol. The van der Waals surface area contributed by atoms with Crippen LogP contribution in [0.15, 0.2) is 54.9 Å². The first-order valence-electron chi connectivity index (χ1n) is 9.92. The highest BCUT2D eigenvalue weighted by Gasteiger charge is 2.14. The molecule has 1 atom stereocenters. The first-order chi connectivity index (χ1) is 13.7. The van der Waals surface area contributed by atoms with Gasteiger partial charge in [0.1, 0.15) is 5.75 Å². The molecule has 2 N–H and O–H groups in total. The zero-order valence-electron chi connectivity index (χ0n) is 16.6. The summed E-state index contributed by atoms with van der Waals surface area (Å²) in [5.41, 5.74) is 6.75. The molecule has 0 aliphatic carbocycles. The maximum absolute atomic E-state index is 5.55. The maximum Gasteiger partial charge on any atom is 0.123 e. The van der Waals surface area contributed by atoms with Crippen molar-refractivity contribution in [3.63, 3.8) is 0 Å². The Labute approximate surface area is 166 Å². The molecule has 0 fully saturated rings. The van der Waals surface area contributed by atoms with Crippen LogP contribution in [0.4, 0.5) is 0 Å². The van der Waals surface area contributed by atoms with Gasteiger partial charge in [-0.2, -0.15) is 5.10 Å². The minimum absolute atomic E-state index is 0.250. The van der Waals surface area contributed by atoms with Crippen LogP contribution >= 0.6 is 0 Å². The Morgan fingerprint density at radius 2 is 2.14 bits per heavy atom. The summed E-state index contributed by atoms with van der Waals surface area (Å²) >= 11 is 0. The van der Waals surface area contributed by atoms with E-state index in [0.29, 0.717) is 6.54 Å². The molecule has 2 heterocycles. The fourth-order valence-electron chi connectivity index (χ4n) is 3.92. The molecule has 1 aliphatic heterocycles. The zero-order valence-corrected chi connectivity index (χ0v) is 16.6. The molecule has 1 aliphatic rings. The molecule has 146 valence electrons. The van der Waals surface area contributed by atoms with Crippen molar-refractivity contribution < 1.29 is 4.74 Å². The van der Waals surface area contributed by atoms with E-state index in [2.05, 4.69) is 59.1 Å². The Kier molecular flexibility index (Phi) is 5.74. The van der Waals surface area contributed by atoms with Gasteiger partial charge in [-0.15, -0.1) is 0 Å². The van der Waals surface area contributed by atoms with Crippen LogP contribution in [-0.2, 0) is 26.1 Å². The van der Waals surface area contributed by atoms with E-state index in [0.717, 1.165) is 37.4 Å². The van der Waals surface area contributed by atoms with E-state index in [1.165, 1.54) is 22.3 Å². The fraction of sp³-hybridized carbons (Fsp3) is 0.348. The summed E-state index contributed by atoms with van der Waals surface area (Å²) in [6.07, 6.45) is 4.88. The number of rotatable bonds is 7. The average Bonchev–Trinajstić information content (AvgIpc) is 3.25. The summed E-state index contributed by atoms with van der Waals surface area (Å²) in [5, 5.41) is 11.5. The van der Waals surface area contributed by atoms with Gasteiger partial charge in [-0.3, -0.25) is 4.68 Å². The normalized spacial score (nSPS) is 14.5. The van der Waals surface area contributed by atoms with Gasteiger partial charge in [-0.1, -0.05) is 24.3 Å². The second-order valence-electron chi connectivity index (χ2n) is 7.36. The van der Waals surface area contributed by atoms with Crippen molar-refractivity contribution in [2.45, 2.75) is 39.0 Å². The molecule has 3 aromatic rings. The van der Waals surface area contributed by atoms with Crippen molar-refractivity contribution in [3.05, 3.63) is 82.7 Å². The highest BCUT2D eigenvalue weighted by atomic mass is 16.5. The van der Waals surface area contributed by atoms with Gasteiger partial charge in [0.2, 0.25) is 0 Å². The third kappa shape index (κ3) is 4.11. The van der Waals surface area contributed by atoms with Gasteiger partial charge in [-0.05, 0) is 60.3 Å². The quantitative estimate of drug-likeness (QED) is 0.663. The Morgan fingerprint density at radius 1 is 1.21 bits per heavy atom. The molecule has 0 spiro atoms. The Morgan fingerprint density at radius 3 is 2.96 bits per heavy atom. The maximum atomic E-state index is 5.55. The van der Waals surface area contributed by atoms with E-state index in [1.807, 2.05) is 16.9 Å². The topological polar surface area (TPSA) is 51.1 Å². The van der Waals surface area contributed by atoms with Crippen molar-refractivity contribution in [1.82, 2.24) is 20.4 Å². The molecule has 0 radical (unpaired) electrons. The third-order valence-corrected chi connectivity index (χ3v) is 5.53. The summed E-state index contributed by atoms with van der Waals surface area (Å²) in [5.74, 6) is 0.899. The van der Waals surface area contributed by atoms with Crippen molar-refractivity contribution in [2.75, 3.05) is 13.7 Å². The first kappa shape index (κ1) is 18.7. The predicted octanol–water partition coefficient (Wildman–Crippen LogP) is 3.44. The van der Waals surface area contributed by atoms with Crippen molar-refractivity contribution in [3.8, 4) is 5.75 Å². The Balaban J connectivity index is 1.48. The van der Waals surface area contributed by atoms with Crippen LogP contribution < -0.4 is 15.4 Å². The van der Waals surface area contributed by atoms with Gasteiger partial charge in [0.25, 0.3) is 0 Å². The lowest BCUT2D eigenvalue weighted by molar-refractivity contribution is 0.406. The molecule has 1 aromatic heterocycles. The Hall–Kier alpha value is -2.63. The monoisotopic (exact) mass is 376 g/mol. The molecule has 0 saturated heterocycles. The number of hydrogen-bond donors (Lipinski definition) is 2. The van der Waals surface area contributed by atoms with E-state index in [4.69, 9.17) is 4.74 Å². The van der Waals surface area contributed by atoms with Gasteiger partial charge in [0.05, 0.1) is 13.7 Å². The van der Waals surface area contributed by atoms with Crippen LogP contribution in [0.5, 0.6) is 5.75 Å². The van der Waals surface area contributed by atoms with E-state index in [9.17, 15) is 0 Å². The standard InChI is InChI=1S/C23H28N4O/c1-17(25-15-20-6-3-5-19-14-24-11-9-22(19)20)18-7-8-23(28-2)21(13-18)16-27-12-4-10-26-27/h3-8,10,12-13,17,24-25H,9,11,14-16H2,1-2H3. The average molecular weight is 377 g/mol. The summed E-state index contributed by atoms with van der Waals surface area (Å²) in [6.45, 7) is 5.85. The van der Waals surface area contributed by atoms with Crippen LogP contribution in [0.3, 0.4) is 0 Å². The van der Waals surface area contributed by atoms with E-state index in [-0.39, 0.29) is 6.04 Å². The lowest BCUT2D eigenvalue weighted by Crippen LogP contribution is -2.26. The summed E-state index contributed by atoms with van der Waals surface area (Å²) < 4.78 is 7.47. The molecule has 0 saturated carbocycles. The summed E-state index contributed by atoms with van der Waals surface area (Å²) in [7, 11) is 1.72.